The van der Waals surface area contributed by atoms with Gasteiger partial charge in [-0.1, -0.05) is 13.3 Å². The number of aliphatic hydroxyl groups is 1. The first-order valence-electron chi connectivity index (χ1n) is 6.39. The van der Waals surface area contributed by atoms with Crippen molar-refractivity contribution in [2.24, 2.45) is 11.8 Å². The van der Waals surface area contributed by atoms with Gasteiger partial charge in [-0.3, -0.25) is 0 Å². The summed E-state index contributed by atoms with van der Waals surface area (Å²) in [6.07, 6.45) is 5.19. The monoisotopic (exact) mass is 221 g/mol. The molecule has 4 nitrogen and oxygen atoms in total. The van der Waals surface area contributed by atoms with Gasteiger partial charge in [-0.15, -0.1) is 10.2 Å². The maximum Gasteiger partial charge on any atom is 0.158 e. The van der Waals surface area contributed by atoms with Crippen LogP contribution in [0.4, 0.5) is 0 Å². The van der Waals surface area contributed by atoms with Gasteiger partial charge in [-0.25, -0.2) is 0 Å². The Labute approximate surface area is 95.7 Å². The number of nitrogens with zero attached hydrogens (tertiary/aromatic N) is 3. The zero-order chi connectivity index (χ0) is 11.1. The van der Waals surface area contributed by atoms with E-state index in [4.69, 9.17) is 0 Å². The minimum Gasteiger partial charge on any atom is -0.388 e. The summed E-state index contributed by atoms with van der Waals surface area (Å²) in [5.74, 6) is 4.26. The van der Waals surface area contributed by atoms with Crippen LogP contribution in [-0.4, -0.2) is 19.9 Å². The fourth-order valence-corrected chi connectivity index (χ4v) is 3.38. The molecule has 2 unspecified atom stereocenters. The van der Waals surface area contributed by atoms with Crippen LogP contribution in [0.1, 0.15) is 50.2 Å². The van der Waals surface area contributed by atoms with Crippen molar-refractivity contribution in [1.29, 1.82) is 0 Å². The molecule has 0 saturated heterocycles. The van der Waals surface area contributed by atoms with E-state index in [9.17, 15) is 5.11 Å². The fourth-order valence-electron chi connectivity index (χ4n) is 3.38. The Hall–Kier alpha value is -0.900. The third-order valence-corrected chi connectivity index (χ3v) is 4.15. The average Bonchev–Trinajstić information content (AvgIpc) is 2.72. The van der Waals surface area contributed by atoms with E-state index in [1.807, 2.05) is 0 Å². The first-order chi connectivity index (χ1) is 7.86. The molecule has 2 fully saturated rings. The van der Waals surface area contributed by atoms with Gasteiger partial charge in [-0.2, -0.15) is 0 Å². The average molecular weight is 221 g/mol. The molecule has 0 aliphatic heterocycles. The normalized spacial score (nSPS) is 31.8. The van der Waals surface area contributed by atoms with Crippen molar-refractivity contribution >= 4 is 0 Å². The van der Waals surface area contributed by atoms with Crippen LogP contribution in [0.15, 0.2) is 0 Å². The number of rotatable bonds is 4. The SMILES string of the molecule is CCCn1c(CO)nnc1C1C2CCCC21. The molecule has 2 atom stereocenters. The summed E-state index contributed by atoms with van der Waals surface area (Å²) in [7, 11) is 0. The molecule has 88 valence electrons. The van der Waals surface area contributed by atoms with Crippen molar-refractivity contribution in [3.05, 3.63) is 11.6 Å². The highest BCUT2D eigenvalue weighted by molar-refractivity contribution is 5.19. The third kappa shape index (κ3) is 1.39. The van der Waals surface area contributed by atoms with Crippen molar-refractivity contribution in [2.45, 2.75) is 51.7 Å². The van der Waals surface area contributed by atoms with Gasteiger partial charge in [0.25, 0.3) is 0 Å². The van der Waals surface area contributed by atoms with Gasteiger partial charge in [0.15, 0.2) is 5.82 Å². The Morgan fingerprint density at radius 1 is 1.31 bits per heavy atom. The summed E-state index contributed by atoms with van der Waals surface area (Å²) in [6.45, 7) is 3.10. The second kappa shape index (κ2) is 3.84. The maximum absolute atomic E-state index is 9.24. The van der Waals surface area contributed by atoms with Crippen molar-refractivity contribution in [3.8, 4) is 0 Å². The number of aliphatic hydroxyl groups excluding tert-OH is 1. The molecule has 0 spiro atoms. The highest BCUT2D eigenvalue weighted by Crippen LogP contribution is 2.62. The lowest BCUT2D eigenvalue weighted by Gasteiger charge is -2.08. The summed E-state index contributed by atoms with van der Waals surface area (Å²) in [6, 6.07) is 0. The Morgan fingerprint density at radius 3 is 2.69 bits per heavy atom. The van der Waals surface area contributed by atoms with Crippen LogP contribution in [0.25, 0.3) is 0 Å². The topological polar surface area (TPSA) is 50.9 Å². The number of hydrogen-bond acceptors (Lipinski definition) is 3. The lowest BCUT2D eigenvalue weighted by Crippen LogP contribution is -2.08. The minimum absolute atomic E-state index is 0.00898. The van der Waals surface area contributed by atoms with E-state index in [1.54, 1.807) is 0 Å². The highest BCUT2D eigenvalue weighted by Gasteiger charge is 2.55. The van der Waals surface area contributed by atoms with Gasteiger partial charge in [0.05, 0.1) is 0 Å². The Bertz CT molecular complexity index is 378. The second-order valence-electron chi connectivity index (χ2n) is 5.07. The molecule has 1 aromatic heterocycles. The number of fused-ring (bicyclic) bond motifs is 1. The van der Waals surface area contributed by atoms with Crippen molar-refractivity contribution in [3.63, 3.8) is 0 Å². The van der Waals surface area contributed by atoms with Gasteiger partial charge < -0.3 is 9.67 Å². The van der Waals surface area contributed by atoms with Crippen molar-refractivity contribution < 1.29 is 5.11 Å². The number of aromatic nitrogens is 3. The van der Waals surface area contributed by atoms with Gasteiger partial charge in [-0.05, 0) is 31.1 Å². The van der Waals surface area contributed by atoms with E-state index in [0.29, 0.717) is 5.92 Å². The molecule has 0 aromatic carbocycles. The molecular weight excluding hydrogens is 202 g/mol. The van der Waals surface area contributed by atoms with Crippen molar-refractivity contribution in [1.82, 2.24) is 14.8 Å². The molecule has 0 radical (unpaired) electrons. The van der Waals surface area contributed by atoms with E-state index in [-0.39, 0.29) is 6.61 Å². The summed E-state index contributed by atoms with van der Waals surface area (Å²) in [5.41, 5.74) is 0. The van der Waals surface area contributed by atoms with Crippen LogP contribution in [0.5, 0.6) is 0 Å². The van der Waals surface area contributed by atoms with Crippen LogP contribution in [0.2, 0.25) is 0 Å². The molecule has 0 amide bonds. The molecule has 1 aromatic rings. The van der Waals surface area contributed by atoms with E-state index >= 15 is 0 Å². The quantitative estimate of drug-likeness (QED) is 0.841. The molecule has 2 aliphatic carbocycles. The van der Waals surface area contributed by atoms with Crippen LogP contribution in [-0.2, 0) is 13.2 Å². The maximum atomic E-state index is 9.24. The summed E-state index contributed by atoms with van der Waals surface area (Å²) in [5, 5.41) is 17.6. The molecule has 16 heavy (non-hydrogen) atoms. The van der Waals surface area contributed by atoms with Gasteiger partial charge in [0, 0.05) is 12.5 Å². The predicted molar refractivity (Wildman–Crippen MR) is 59.8 cm³/mol. The Morgan fingerprint density at radius 2 is 2.06 bits per heavy atom. The standard InChI is InChI=1S/C12H19N3O/c1-2-6-15-10(7-16)13-14-12(15)11-8-4-3-5-9(8)11/h8-9,11,16H,2-7H2,1H3. The zero-order valence-electron chi connectivity index (χ0n) is 9.76. The van der Waals surface area contributed by atoms with E-state index in [2.05, 4.69) is 21.7 Å². The number of hydrogen-bond donors (Lipinski definition) is 1. The smallest absolute Gasteiger partial charge is 0.158 e. The van der Waals surface area contributed by atoms with E-state index < -0.39 is 0 Å². The van der Waals surface area contributed by atoms with Gasteiger partial charge >= 0.3 is 0 Å². The zero-order valence-corrected chi connectivity index (χ0v) is 9.76. The summed E-state index contributed by atoms with van der Waals surface area (Å²) in [4.78, 5) is 0. The lowest BCUT2D eigenvalue weighted by molar-refractivity contribution is 0.264. The van der Waals surface area contributed by atoms with Crippen LogP contribution in [0, 0.1) is 11.8 Å². The minimum atomic E-state index is 0.00898. The molecule has 1 N–H and O–H groups in total. The largest absolute Gasteiger partial charge is 0.388 e. The van der Waals surface area contributed by atoms with Crippen LogP contribution in [0.3, 0.4) is 0 Å². The first-order valence-corrected chi connectivity index (χ1v) is 6.39. The summed E-state index contributed by atoms with van der Waals surface area (Å²) < 4.78 is 2.14. The third-order valence-electron chi connectivity index (χ3n) is 4.15. The molecule has 3 rings (SSSR count). The summed E-state index contributed by atoms with van der Waals surface area (Å²) >= 11 is 0. The van der Waals surface area contributed by atoms with Gasteiger partial charge in [0.2, 0.25) is 0 Å². The predicted octanol–water partition coefficient (Wildman–Crippen LogP) is 1.69. The molecule has 0 bridgehead atoms. The molecule has 4 heteroatoms. The second-order valence-corrected chi connectivity index (χ2v) is 5.07. The van der Waals surface area contributed by atoms with Crippen LogP contribution >= 0.6 is 0 Å². The van der Waals surface area contributed by atoms with Crippen LogP contribution < -0.4 is 0 Å². The molecule has 2 saturated carbocycles. The first kappa shape index (κ1) is 10.3. The fraction of sp³-hybridized carbons (Fsp3) is 0.833. The molecule has 2 aliphatic rings. The molecule has 1 heterocycles. The Balaban J connectivity index is 1.86. The molecular formula is C12H19N3O. The Kier molecular flexibility index (Phi) is 2.46. The van der Waals surface area contributed by atoms with E-state index in [0.717, 1.165) is 36.5 Å². The lowest BCUT2D eigenvalue weighted by atomic mass is 10.1. The van der Waals surface area contributed by atoms with Gasteiger partial charge in [0.1, 0.15) is 12.4 Å². The highest BCUT2D eigenvalue weighted by atomic mass is 16.3. The van der Waals surface area contributed by atoms with E-state index in [1.165, 1.54) is 19.3 Å². The van der Waals surface area contributed by atoms with Crippen molar-refractivity contribution in [2.75, 3.05) is 0 Å².